The molecule has 1 aliphatic carbocycles. The second-order valence-corrected chi connectivity index (χ2v) is 21.4. The van der Waals surface area contributed by atoms with Gasteiger partial charge in [-0.1, -0.05) is 27.7 Å². The van der Waals surface area contributed by atoms with E-state index in [4.69, 9.17) is 14.6 Å². The fourth-order valence-electron chi connectivity index (χ4n) is 11.7. The van der Waals surface area contributed by atoms with Gasteiger partial charge >= 0.3 is 0 Å². The molecule has 3 aromatic carbocycles. The Morgan fingerprint density at radius 2 is 1.71 bits per heavy atom. The molecule has 1 saturated heterocycles. The fourth-order valence-corrected chi connectivity index (χ4v) is 11.7. The van der Waals surface area contributed by atoms with Gasteiger partial charge in [-0.15, -0.1) is 0 Å². The molecule has 72 heavy (non-hydrogen) atoms. The Morgan fingerprint density at radius 1 is 0.958 bits per heavy atom. The molecule has 2 amide bonds. The Kier molecular flexibility index (Phi) is 14.9. The van der Waals surface area contributed by atoms with Crippen LogP contribution in [0.1, 0.15) is 117 Å². The zero-order valence-electron chi connectivity index (χ0n) is 43.0. The van der Waals surface area contributed by atoms with Gasteiger partial charge in [0.15, 0.2) is 5.82 Å². The smallest absolute Gasteiger partial charge is 0.264 e. The summed E-state index contributed by atoms with van der Waals surface area (Å²) in [5.74, 6) is 2.52. The van der Waals surface area contributed by atoms with Crippen molar-refractivity contribution in [2.75, 3.05) is 69.3 Å². The van der Waals surface area contributed by atoms with Crippen LogP contribution in [0.5, 0.6) is 11.5 Å². The molecule has 3 aliphatic heterocycles. The molecule has 0 unspecified atom stereocenters. The monoisotopic (exact) mass is 985 g/mol. The molecular formula is C56H70F2N10O4. The Labute approximate surface area is 422 Å². The van der Waals surface area contributed by atoms with Crippen LogP contribution in [-0.4, -0.2) is 107 Å². The van der Waals surface area contributed by atoms with Crippen molar-refractivity contribution in [2.45, 2.75) is 105 Å². The molecule has 5 aromatic rings. The number of piperazine rings is 1. The molecule has 9 rings (SSSR count). The average Bonchev–Trinajstić information content (AvgIpc) is 4.00. The summed E-state index contributed by atoms with van der Waals surface area (Å²) in [6.07, 6.45) is 7.40. The molecule has 1 atom stereocenters. The van der Waals surface area contributed by atoms with Crippen LogP contribution in [0.15, 0.2) is 67.0 Å². The maximum Gasteiger partial charge on any atom is 0.264 e. The van der Waals surface area contributed by atoms with Gasteiger partial charge in [0, 0.05) is 129 Å². The second kappa shape index (κ2) is 21.3. The number of carbonyl (C=O) groups excluding carboxylic acids is 2. The third-order valence-electron chi connectivity index (χ3n) is 15.6. The lowest BCUT2D eigenvalue weighted by atomic mass is 9.79. The molecule has 2 aromatic heterocycles. The molecular weight excluding hydrogens is 915 g/mol. The van der Waals surface area contributed by atoms with E-state index in [0.29, 0.717) is 65.9 Å². The number of benzene rings is 3. The van der Waals surface area contributed by atoms with Crippen LogP contribution >= 0.6 is 0 Å². The number of ether oxygens (including phenoxy) is 2. The van der Waals surface area contributed by atoms with Crippen LogP contribution in [0.25, 0.3) is 11.1 Å². The van der Waals surface area contributed by atoms with E-state index in [9.17, 15) is 23.6 Å². The minimum Gasteiger partial charge on any atom is -0.495 e. The first kappa shape index (κ1) is 50.5. The quantitative estimate of drug-likeness (QED) is 0.108. The first-order chi connectivity index (χ1) is 34.6. The van der Waals surface area contributed by atoms with Gasteiger partial charge in [-0.05, 0) is 110 Å². The Bertz CT molecular complexity index is 2780. The average molecular weight is 985 g/mol. The highest BCUT2D eigenvalue weighted by Gasteiger charge is 2.37. The summed E-state index contributed by atoms with van der Waals surface area (Å²) in [7, 11) is 3.32. The summed E-state index contributed by atoms with van der Waals surface area (Å²) in [5, 5.41) is 22.3. The topological polar surface area (TPSA) is 137 Å². The summed E-state index contributed by atoms with van der Waals surface area (Å²) < 4.78 is 45.0. The number of anilines is 3. The van der Waals surface area contributed by atoms with E-state index >= 15 is 0 Å². The van der Waals surface area contributed by atoms with E-state index in [0.717, 1.165) is 106 Å². The standard InChI is InChI=1S/C56H70F2N10O4/c1-36(2)52(56(4,5)35-72-45-19-14-41(30-59)51(28-45)71-7)61-55(70)39-12-17-43(18-13-39)65-25-23-64(24-26-65)32-38-10-15-44(16-11-38)68-49-20-22-66(37(3)69)34-48(49)54(62-68)67-21-8-9-40-27-46(42-31-60-63(6)33-42)47(53(57)58)29-50(40)67/h12-14,17-19,27-29,31,33,36,38,44,52-53H,8-11,15-16,20-26,32,34-35H2,1-7H3,(H,61,70)/t38?,44?,52-/m1/s1. The van der Waals surface area contributed by atoms with Crippen LogP contribution in [0.3, 0.4) is 0 Å². The minimum absolute atomic E-state index is 0.00744. The van der Waals surface area contributed by atoms with E-state index in [1.54, 1.807) is 55.3 Å². The minimum atomic E-state index is -2.65. The van der Waals surface area contributed by atoms with Crippen molar-refractivity contribution in [1.82, 2.24) is 34.7 Å². The molecule has 2 fully saturated rings. The number of alkyl halides is 2. The number of aromatic nitrogens is 4. The van der Waals surface area contributed by atoms with Crippen molar-refractivity contribution in [2.24, 2.45) is 24.3 Å². The van der Waals surface area contributed by atoms with Crippen molar-refractivity contribution in [3.63, 3.8) is 0 Å². The van der Waals surface area contributed by atoms with Gasteiger partial charge in [-0.3, -0.25) is 23.9 Å². The predicted molar refractivity (Wildman–Crippen MR) is 275 cm³/mol. The number of carbonyl (C=O) groups is 2. The van der Waals surface area contributed by atoms with Gasteiger partial charge in [0.05, 0.1) is 38.1 Å². The molecule has 0 bridgehead atoms. The van der Waals surface area contributed by atoms with Crippen LogP contribution < -0.4 is 24.6 Å². The number of halogens is 2. The molecule has 16 heteroatoms. The highest BCUT2D eigenvalue weighted by atomic mass is 19.3. The fraction of sp³-hybridized carbons (Fsp3) is 0.518. The summed E-state index contributed by atoms with van der Waals surface area (Å²) in [6.45, 7) is 17.0. The number of nitrogens with zero attached hydrogens (tertiary/aromatic N) is 9. The maximum atomic E-state index is 14.8. The van der Waals surface area contributed by atoms with E-state index in [-0.39, 0.29) is 35.4 Å². The lowest BCUT2D eigenvalue weighted by Crippen LogP contribution is -2.50. The molecule has 1 N–H and O–H groups in total. The van der Waals surface area contributed by atoms with Gasteiger partial charge in [0.1, 0.15) is 17.6 Å². The highest BCUT2D eigenvalue weighted by molar-refractivity contribution is 5.94. The first-order valence-corrected chi connectivity index (χ1v) is 25.8. The van der Waals surface area contributed by atoms with Gasteiger partial charge in [-0.25, -0.2) is 8.78 Å². The second-order valence-electron chi connectivity index (χ2n) is 21.4. The molecule has 1 saturated carbocycles. The predicted octanol–water partition coefficient (Wildman–Crippen LogP) is 9.50. The van der Waals surface area contributed by atoms with E-state index in [2.05, 4.69) is 75.7 Å². The number of hydrogen-bond donors (Lipinski definition) is 1. The number of rotatable bonds is 15. The number of aryl methyl sites for hydroxylation is 2. The highest BCUT2D eigenvalue weighted by Crippen LogP contribution is 2.45. The van der Waals surface area contributed by atoms with Gasteiger partial charge in [0.25, 0.3) is 12.3 Å². The van der Waals surface area contributed by atoms with Crippen molar-refractivity contribution in [1.29, 1.82) is 5.26 Å². The zero-order valence-corrected chi connectivity index (χ0v) is 43.0. The summed E-state index contributed by atoms with van der Waals surface area (Å²) in [6, 6.07) is 18.9. The summed E-state index contributed by atoms with van der Waals surface area (Å²) in [4.78, 5) is 35.4. The van der Waals surface area contributed by atoms with Gasteiger partial charge < -0.3 is 29.5 Å². The zero-order chi connectivity index (χ0) is 50.8. The Balaban J connectivity index is 0.797. The molecule has 14 nitrogen and oxygen atoms in total. The molecule has 0 radical (unpaired) electrons. The lowest BCUT2D eigenvalue weighted by molar-refractivity contribution is -0.129. The molecule has 0 spiro atoms. The SMILES string of the molecule is COc1cc(OCC(C)(C)[C@H](NC(=O)c2ccc(N3CCN(CC4CCC(n5nc(N6CCCc7cc(-c8cnn(C)c8)c(C(F)F)cc76)c6c5CCN(C(C)=O)C6)CC4)CC3)cc2)C(C)C)ccc1C#N. The van der Waals surface area contributed by atoms with Crippen molar-refractivity contribution in [3.8, 4) is 28.7 Å². The third-order valence-corrected chi connectivity index (χ3v) is 15.6. The number of amides is 2. The van der Waals surface area contributed by atoms with Crippen LogP contribution in [0, 0.1) is 28.6 Å². The number of nitrogens with one attached hydrogen (secondary N) is 1. The number of fused-ring (bicyclic) bond motifs is 2. The number of nitriles is 1. The van der Waals surface area contributed by atoms with Crippen LogP contribution in [0.2, 0.25) is 0 Å². The van der Waals surface area contributed by atoms with Crippen LogP contribution in [0.4, 0.5) is 26.0 Å². The number of hydrogen-bond acceptors (Lipinski definition) is 10. The van der Waals surface area contributed by atoms with E-state index in [1.807, 2.05) is 23.1 Å². The molecule has 4 aliphatic rings. The summed E-state index contributed by atoms with van der Waals surface area (Å²) in [5.41, 5.74) is 6.99. The van der Waals surface area contributed by atoms with Crippen LogP contribution in [-0.2, 0) is 31.2 Å². The molecule has 5 heterocycles. The van der Waals surface area contributed by atoms with Crippen molar-refractivity contribution in [3.05, 3.63) is 101 Å². The molecule has 382 valence electrons. The summed E-state index contributed by atoms with van der Waals surface area (Å²) >= 11 is 0. The Hall–Kier alpha value is -6.47. The Morgan fingerprint density at radius 3 is 2.36 bits per heavy atom. The van der Waals surface area contributed by atoms with Crippen molar-refractivity contribution >= 4 is 29.0 Å². The normalized spacial score (nSPS) is 18.9. The maximum absolute atomic E-state index is 14.8. The van der Waals surface area contributed by atoms with E-state index < -0.39 is 11.8 Å². The lowest BCUT2D eigenvalue weighted by Gasteiger charge is -2.39. The van der Waals surface area contributed by atoms with Gasteiger partial charge in [0.2, 0.25) is 5.91 Å². The van der Waals surface area contributed by atoms with Crippen molar-refractivity contribution < 1.29 is 27.8 Å². The number of methoxy groups -OCH3 is 1. The first-order valence-electron chi connectivity index (χ1n) is 25.8. The van der Waals surface area contributed by atoms with Gasteiger partial charge in [-0.2, -0.15) is 15.5 Å². The van der Waals surface area contributed by atoms with E-state index in [1.165, 1.54) is 12.8 Å². The largest absolute Gasteiger partial charge is 0.495 e. The third kappa shape index (κ3) is 10.7.